The van der Waals surface area contributed by atoms with Crippen molar-refractivity contribution in [2.24, 2.45) is 11.7 Å². The van der Waals surface area contributed by atoms with Gasteiger partial charge in [-0.05, 0) is 31.4 Å². The molecule has 0 radical (unpaired) electrons. The first-order valence-electron chi connectivity index (χ1n) is 9.38. The SMILES string of the molecule is NC1CCCC(C(=O)N2CCN(Cc3cn4ccccc4n3)CC2)C1. The lowest BCUT2D eigenvalue weighted by Crippen LogP contribution is -2.51. The average molecular weight is 341 g/mol. The van der Waals surface area contributed by atoms with E-state index in [2.05, 4.69) is 20.5 Å². The first-order chi connectivity index (χ1) is 12.2. The number of carbonyl (C=O) groups excluding carboxylic acids is 1. The molecule has 2 aliphatic rings. The van der Waals surface area contributed by atoms with Crippen LogP contribution in [-0.4, -0.2) is 57.3 Å². The van der Waals surface area contributed by atoms with Gasteiger partial charge in [-0.25, -0.2) is 4.98 Å². The largest absolute Gasteiger partial charge is 0.340 e. The van der Waals surface area contributed by atoms with Gasteiger partial charge in [0.15, 0.2) is 0 Å². The molecule has 6 nitrogen and oxygen atoms in total. The van der Waals surface area contributed by atoms with Gasteiger partial charge in [-0.15, -0.1) is 0 Å². The van der Waals surface area contributed by atoms with Crippen LogP contribution in [0.4, 0.5) is 0 Å². The van der Waals surface area contributed by atoms with Crippen molar-refractivity contribution in [2.75, 3.05) is 26.2 Å². The molecule has 2 atom stereocenters. The lowest BCUT2D eigenvalue weighted by Gasteiger charge is -2.37. The molecule has 1 saturated heterocycles. The van der Waals surface area contributed by atoms with Crippen LogP contribution in [0.15, 0.2) is 30.6 Å². The topological polar surface area (TPSA) is 66.9 Å². The van der Waals surface area contributed by atoms with Crippen LogP contribution in [0.25, 0.3) is 5.65 Å². The highest BCUT2D eigenvalue weighted by Crippen LogP contribution is 2.25. The van der Waals surface area contributed by atoms with Crippen molar-refractivity contribution in [1.29, 1.82) is 0 Å². The van der Waals surface area contributed by atoms with Gasteiger partial charge in [0.05, 0.1) is 5.69 Å². The van der Waals surface area contributed by atoms with Crippen LogP contribution < -0.4 is 5.73 Å². The normalized spacial score (nSPS) is 25.4. The summed E-state index contributed by atoms with van der Waals surface area (Å²) < 4.78 is 2.06. The minimum absolute atomic E-state index is 0.147. The summed E-state index contributed by atoms with van der Waals surface area (Å²) in [6.45, 7) is 4.31. The van der Waals surface area contributed by atoms with Crippen molar-refractivity contribution >= 4 is 11.6 Å². The summed E-state index contributed by atoms with van der Waals surface area (Å²) in [5, 5.41) is 0. The fraction of sp³-hybridized carbons (Fsp3) is 0.579. The molecule has 2 aromatic heterocycles. The van der Waals surface area contributed by atoms with Crippen LogP contribution in [0.1, 0.15) is 31.4 Å². The van der Waals surface area contributed by atoms with E-state index < -0.39 is 0 Å². The summed E-state index contributed by atoms with van der Waals surface area (Å²) in [5.41, 5.74) is 8.12. The summed E-state index contributed by atoms with van der Waals surface area (Å²) in [6, 6.07) is 6.25. The Hall–Kier alpha value is -1.92. The van der Waals surface area contributed by atoms with E-state index in [9.17, 15) is 4.79 Å². The fourth-order valence-corrected chi connectivity index (χ4v) is 4.13. The van der Waals surface area contributed by atoms with E-state index >= 15 is 0 Å². The van der Waals surface area contributed by atoms with E-state index in [4.69, 9.17) is 5.73 Å². The van der Waals surface area contributed by atoms with E-state index in [0.29, 0.717) is 5.91 Å². The molecule has 0 bridgehead atoms. The van der Waals surface area contributed by atoms with Gasteiger partial charge >= 0.3 is 0 Å². The lowest BCUT2D eigenvalue weighted by atomic mass is 9.85. The van der Waals surface area contributed by atoms with Crippen molar-refractivity contribution in [1.82, 2.24) is 19.2 Å². The van der Waals surface area contributed by atoms with Crippen molar-refractivity contribution < 1.29 is 4.79 Å². The number of hydrogen-bond acceptors (Lipinski definition) is 4. The quantitative estimate of drug-likeness (QED) is 0.919. The Bertz CT molecular complexity index is 701. The number of imidazole rings is 1. The van der Waals surface area contributed by atoms with E-state index in [0.717, 1.165) is 69.7 Å². The molecule has 2 unspecified atom stereocenters. The maximum absolute atomic E-state index is 12.7. The molecule has 2 aromatic rings. The Kier molecular flexibility index (Phi) is 4.72. The molecule has 0 aromatic carbocycles. The highest BCUT2D eigenvalue weighted by Gasteiger charge is 2.30. The monoisotopic (exact) mass is 341 g/mol. The highest BCUT2D eigenvalue weighted by atomic mass is 16.2. The average Bonchev–Trinajstić information content (AvgIpc) is 3.04. The lowest BCUT2D eigenvalue weighted by molar-refractivity contribution is -0.138. The third-order valence-corrected chi connectivity index (χ3v) is 5.55. The number of piperazine rings is 1. The Balaban J connectivity index is 1.31. The van der Waals surface area contributed by atoms with Crippen LogP contribution in [0.2, 0.25) is 0 Å². The van der Waals surface area contributed by atoms with Gasteiger partial charge in [0.25, 0.3) is 0 Å². The second-order valence-corrected chi connectivity index (χ2v) is 7.42. The predicted molar refractivity (Wildman–Crippen MR) is 97.0 cm³/mol. The summed E-state index contributed by atoms with van der Waals surface area (Å²) >= 11 is 0. The number of rotatable bonds is 3. The molecule has 1 saturated carbocycles. The summed E-state index contributed by atoms with van der Waals surface area (Å²) in [6.07, 6.45) is 8.14. The summed E-state index contributed by atoms with van der Waals surface area (Å²) in [7, 11) is 0. The van der Waals surface area contributed by atoms with Gasteiger partial charge in [0.1, 0.15) is 5.65 Å². The van der Waals surface area contributed by atoms with Gasteiger partial charge < -0.3 is 15.0 Å². The van der Waals surface area contributed by atoms with E-state index in [1.54, 1.807) is 0 Å². The van der Waals surface area contributed by atoms with Gasteiger partial charge in [-0.2, -0.15) is 0 Å². The molecule has 1 aliphatic carbocycles. The second kappa shape index (κ2) is 7.14. The Labute approximate surface area is 148 Å². The molecule has 1 amide bonds. The van der Waals surface area contributed by atoms with Crippen molar-refractivity contribution in [2.45, 2.75) is 38.3 Å². The molecule has 2 fully saturated rings. The Morgan fingerprint density at radius 3 is 2.80 bits per heavy atom. The third-order valence-electron chi connectivity index (χ3n) is 5.55. The van der Waals surface area contributed by atoms with Crippen molar-refractivity contribution in [3.8, 4) is 0 Å². The van der Waals surface area contributed by atoms with Crippen LogP contribution in [-0.2, 0) is 11.3 Å². The zero-order valence-corrected chi connectivity index (χ0v) is 14.7. The zero-order chi connectivity index (χ0) is 17.2. The van der Waals surface area contributed by atoms with Crippen LogP contribution in [0, 0.1) is 5.92 Å². The number of amides is 1. The molecule has 25 heavy (non-hydrogen) atoms. The number of hydrogen-bond donors (Lipinski definition) is 1. The maximum Gasteiger partial charge on any atom is 0.225 e. The maximum atomic E-state index is 12.7. The fourth-order valence-electron chi connectivity index (χ4n) is 4.13. The minimum atomic E-state index is 0.147. The number of nitrogens with two attached hydrogens (primary N) is 1. The molecule has 6 heteroatoms. The molecular weight excluding hydrogens is 314 g/mol. The minimum Gasteiger partial charge on any atom is -0.340 e. The summed E-state index contributed by atoms with van der Waals surface area (Å²) in [4.78, 5) is 21.8. The number of aromatic nitrogens is 2. The van der Waals surface area contributed by atoms with Crippen molar-refractivity contribution in [3.63, 3.8) is 0 Å². The number of nitrogens with zero attached hydrogens (tertiary/aromatic N) is 4. The molecule has 2 N–H and O–H groups in total. The van der Waals surface area contributed by atoms with Crippen molar-refractivity contribution in [3.05, 3.63) is 36.3 Å². The molecule has 4 rings (SSSR count). The molecule has 1 aliphatic heterocycles. The van der Waals surface area contributed by atoms with Gasteiger partial charge in [-0.1, -0.05) is 12.5 Å². The van der Waals surface area contributed by atoms with E-state index in [-0.39, 0.29) is 12.0 Å². The first-order valence-corrected chi connectivity index (χ1v) is 9.38. The van der Waals surface area contributed by atoms with Gasteiger partial charge in [0, 0.05) is 57.1 Å². The molecule has 3 heterocycles. The van der Waals surface area contributed by atoms with Gasteiger partial charge in [0.2, 0.25) is 5.91 Å². The Morgan fingerprint density at radius 2 is 2.04 bits per heavy atom. The highest BCUT2D eigenvalue weighted by molar-refractivity contribution is 5.79. The molecule has 134 valence electrons. The van der Waals surface area contributed by atoms with E-state index in [1.807, 2.05) is 29.3 Å². The number of carbonyl (C=O) groups is 1. The van der Waals surface area contributed by atoms with Crippen LogP contribution in [0.5, 0.6) is 0 Å². The van der Waals surface area contributed by atoms with Crippen LogP contribution >= 0.6 is 0 Å². The zero-order valence-electron chi connectivity index (χ0n) is 14.7. The predicted octanol–water partition coefficient (Wildman–Crippen LogP) is 1.50. The summed E-state index contributed by atoms with van der Waals surface area (Å²) in [5.74, 6) is 0.469. The van der Waals surface area contributed by atoms with Gasteiger partial charge in [-0.3, -0.25) is 9.69 Å². The second-order valence-electron chi connectivity index (χ2n) is 7.42. The molecule has 0 spiro atoms. The third kappa shape index (κ3) is 3.70. The standard InChI is InChI=1S/C19H27N5O/c20-16-5-3-4-15(12-16)19(25)23-10-8-22(9-11-23)13-17-14-24-7-2-1-6-18(24)21-17/h1-2,6-7,14-16H,3-5,8-13,20H2. The van der Waals surface area contributed by atoms with E-state index in [1.165, 1.54) is 0 Å². The Morgan fingerprint density at radius 1 is 1.20 bits per heavy atom. The molecular formula is C19H27N5O. The first kappa shape index (κ1) is 16.5. The smallest absolute Gasteiger partial charge is 0.225 e. The number of pyridine rings is 1. The van der Waals surface area contributed by atoms with Crippen LogP contribution in [0.3, 0.4) is 0 Å². The number of fused-ring (bicyclic) bond motifs is 1.